The lowest BCUT2D eigenvalue weighted by Crippen LogP contribution is -2.42. The molecular weight excluding hydrogens is 256 g/mol. The first-order valence-electron chi connectivity index (χ1n) is 7.15. The van der Waals surface area contributed by atoms with E-state index in [4.69, 9.17) is 9.16 Å². The highest BCUT2D eigenvalue weighted by atomic mass is 28.4. The Morgan fingerprint density at radius 2 is 1.95 bits per heavy atom. The predicted octanol–water partition coefficient (Wildman–Crippen LogP) is 3.56. The van der Waals surface area contributed by atoms with Gasteiger partial charge in [0.15, 0.2) is 0 Å². The van der Waals surface area contributed by atoms with Crippen LogP contribution >= 0.6 is 0 Å². The number of hydrogen-bond acceptors (Lipinski definition) is 3. The number of methoxy groups -OCH3 is 1. The molecule has 0 spiro atoms. The van der Waals surface area contributed by atoms with Gasteiger partial charge in [-0.05, 0) is 30.1 Å². The van der Waals surface area contributed by atoms with Crippen molar-refractivity contribution in [2.45, 2.75) is 58.4 Å². The summed E-state index contributed by atoms with van der Waals surface area (Å²) >= 11 is 0. The minimum absolute atomic E-state index is 0.0338. The Balaban J connectivity index is 2.88. The Kier molecular flexibility index (Phi) is 5.26. The molecule has 1 rings (SSSR count). The summed E-state index contributed by atoms with van der Waals surface area (Å²) < 4.78 is 11.9. The Morgan fingerprint density at radius 3 is 2.37 bits per heavy atom. The molecule has 1 N–H and O–H groups in total. The zero-order chi connectivity index (χ0) is 14.8. The SMILES string of the molecule is CO[C@H]1C=C(O[Si](C)(C)C(C)(C)C)C[C@@H](C)[C@@H]1CO. The highest BCUT2D eigenvalue weighted by Gasteiger charge is 2.41. The lowest BCUT2D eigenvalue weighted by Gasteiger charge is -2.40. The van der Waals surface area contributed by atoms with Gasteiger partial charge in [-0.2, -0.15) is 0 Å². The fourth-order valence-electron chi connectivity index (χ4n) is 2.25. The highest BCUT2D eigenvalue weighted by molar-refractivity contribution is 6.74. The van der Waals surface area contributed by atoms with Gasteiger partial charge in [0, 0.05) is 26.1 Å². The summed E-state index contributed by atoms with van der Waals surface area (Å²) in [4.78, 5) is 0. The zero-order valence-electron chi connectivity index (χ0n) is 13.5. The second-order valence-electron chi connectivity index (χ2n) is 7.22. The molecule has 1 aliphatic rings. The Hall–Kier alpha value is -0.323. The molecular formula is C15H30O3Si. The lowest BCUT2D eigenvalue weighted by atomic mass is 9.82. The Morgan fingerprint density at radius 1 is 1.37 bits per heavy atom. The smallest absolute Gasteiger partial charge is 0.250 e. The van der Waals surface area contributed by atoms with Crippen molar-refractivity contribution < 1.29 is 14.3 Å². The van der Waals surface area contributed by atoms with Gasteiger partial charge < -0.3 is 14.3 Å². The molecule has 0 amide bonds. The van der Waals surface area contributed by atoms with Crippen LogP contribution in [0, 0.1) is 11.8 Å². The first-order chi connectivity index (χ1) is 8.62. The molecule has 0 aliphatic heterocycles. The molecule has 4 heteroatoms. The summed E-state index contributed by atoms with van der Waals surface area (Å²) in [5.74, 6) is 1.62. The molecule has 112 valence electrons. The summed E-state index contributed by atoms with van der Waals surface area (Å²) in [6, 6.07) is 0. The molecule has 1 aliphatic carbocycles. The zero-order valence-corrected chi connectivity index (χ0v) is 14.5. The summed E-state index contributed by atoms with van der Waals surface area (Å²) in [5, 5.41) is 9.67. The summed E-state index contributed by atoms with van der Waals surface area (Å²) in [6.45, 7) is 13.6. The van der Waals surface area contributed by atoms with E-state index in [1.165, 1.54) is 0 Å². The number of hydrogen-bond donors (Lipinski definition) is 1. The number of allylic oxidation sites excluding steroid dienone is 1. The van der Waals surface area contributed by atoms with Gasteiger partial charge in [0.2, 0.25) is 8.32 Å². The first kappa shape index (κ1) is 16.7. The van der Waals surface area contributed by atoms with Gasteiger partial charge in [0.1, 0.15) is 0 Å². The van der Waals surface area contributed by atoms with Crippen LogP contribution in [0.2, 0.25) is 18.1 Å². The largest absolute Gasteiger partial charge is 0.547 e. The molecule has 0 saturated heterocycles. The van der Waals surface area contributed by atoms with Crippen LogP contribution in [0.1, 0.15) is 34.1 Å². The average molecular weight is 286 g/mol. The summed E-state index contributed by atoms with van der Waals surface area (Å²) in [6.07, 6.45) is 2.94. The molecule has 0 heterocycles. The van der Waals surface area contributed by atoms with E-state index < -0.39 is 8.32 Å². The van der Waals surface area contributed by atoms with Gasteiger partial charge in [-0.1, -0.05) is 27.7 Å². The molecule has 0 aromatic carbocycles. The van der Waals surface area contributed by atoms with Crippen LogP contribution in [0.5, 0.6) is 0 Å². The van der Waals surface area contributed by atoms with Crippen LogP contribution in [0.3, 0.4) is 0 Å². The monoisotopic (exact) mass is 286 g/mol. The van der Waals surface area contributed by atoms with E-state index >= 15 is 0 Å². The lowest BCUT2D eigenvalue weighted by molar-refractivity contribution is 0.0190. The number of ether oxygens (including phenoxy) is 1. The molecule has 0 bridgehead atoms. The van der Waals surface area contributed by atoms with Crippen LogP contribution in [-0.4, -0.2) is 33.2 Å². The maximum atomic E-state index is 9.47. The topological polar surface area (TPSA) is 38.7 Å². The molecule has 0 saturated carbocycles. The molecule has 0 fully saturated rings. The Labute approximate surface area is 119 Å². The minimum atomic E-state index is -1.78. The molecule has 19 heavy (non-hydrogen) atoms. The van der Waals surface area contributed by atoms with Crippen LogP contribution in [0.25, 0.3) is 0 Å². The molecule has 0 aromatic rings. The van der Waals surface area contributed by atoms with Crippen LogP contribution < -0.4 is 0 Å². The van der Waals surface area contributed by atoms with Gasteiger partial charge in [-0.15, -0.1) is 0 Å². The predicted molar refractivity (Wildman–Crippen MR) is 81.5 cm³/mol. The number of aliphatic hydroxyl groups excluding tert-OH is 1. The van der Waals surface area contributed by atoms with Crippen molar-refractivity contribution >= 4 is 8.32 Å². The summed E-state index contributed by atoms with van der Waals surface area (Å²) in [5.41, 5.74) is 0. The second kappa shape index (κ2) is 5.98. The second-order valence-corrected chi connectivity index (χ2v) is 11.9. The quantitative estimate of drug-likeness (QED) is 0.803. The van der Waals surface area contributed by atoms with Gasteiger partial charge in [0.25, 0.3) is 0 Å². The maximum Gasteiger partial charge on any atom is 0.250 e. The van der Waals surface area contributed by atoms with Crippen molar-refractivity contribution in [1.29, 1.82) is 0 Å². The van der Waals surface area contributed by atoms with E-state index in [0.717, 1.165) is 12.2 Å². The molecule has 0 unspecified atom stereocenters. The molecule has 3 atom stereocenters. The van der Waals surface area contributed by atoms with Gasteiger partial charge in [-0.3, -0.25) is 0 Å². The van der Waals surface area contributed by atoms with E-state index in [9.17, 15) is 5.11 Å². The van der Waals surface area contributed by atoms with Crippen molar-refractivity contribution in [1.82, 2.24) is 0 Å². The number of aliphatic hydroxyl groups is 1. The van der Waals surface area contributed by atoms with Crippen molar-refractivity contribution in [3.05, 3.63) is 11.8 Å². The third kappa shape index (κ3) is 3.83. The fourth-order valence-corrected chi connectivity index (χ4v) is 3.36. The minimum Gasteiger partial charge on any atom is -0.547 e. The Bertz CT molecular complexity index is 331. The van der Waals surface area contributed by atoms with Crippen molar-refractivity contribution in [2.75, 3.05) is 13.7 Å². The average Bonchev–Trinajstić information content (AvgIpc) is 2.26. The van der Waals surface area contributed by atoms with Crippen molar-refractivity contribution in [3.8, 4) is 0 Å². The standard InChI is InChI=1S/C15H30O3Si/c1-11-8-12(9-14(17-5)13(11)10-16)18-19(6,7)15(2,3)4/h9,11,13-14,16H,8,10H2,1-7H3/t11-,13+,14+/m1/s1. The molecule has 0 aromatic heterocycles. The van der Waals surface area contributed by atoms with E-state index in [-0.39, 0.29) is 23.7 Å². The van der Waals surface area contributed by atoms with Crippen LogP contribution in [0.4, 0.5) is 0 Å². The number of rotatable bonds is 4. The summed E-state index contributed by atoms with van der Waals surface area (Å²) in [7, 11) is -0.0826. The highest BCUT2D eigenvalue weighted by Crippen LogP contribution is 2.40. The molecule has 0 radical (unpaired) electrons. The normalized spacial score (nSPS) is 29.1. The van der Waals surface area contributed by atoms with Gasteiger partial charge >= 0.3 is 0 Å². The molecule has 3 nitrogen and oxygen atoms in total. The van der Waals surface area contributed by atoms with Crippen LogP contribution in [0.15, 0.2) is 11.8 Å². The van der Waals surface area contributed by atoms with Crippen LogP contribution in [-0.2, 0) is 9.16 Å². The fraction of sp³-hybridized carbons (Fsp3) is 0.867. The third-order valence-corrected chi connectivity index (χ3v) is 9.09. The van der Waals surface area contributed by atoms with E-state index in [1.54, 1.807) is 7.11 Å². The van der Waals surface area contributed by atoms with E-state index in [2.05, 4.69) is 46.9 Å². The van der Waals surface area contributed by atoms with E-state index in [1.807, 2.05) is 0 Å². The third-order valence-electron chi connectivity index (χ3n) is 4.70. The van der Waals surface area contributed by atoms with Gasteiger partial charge in [-0.25, -0.2) is 0 Å². The first-order valence-corrected chi connectivity index (χ1v) is 10.1. The van der Waals surface area contributed by atoms with E-state index in [0.29, 0.717) is 5.92 Å². The van der Waals surface area contributed by atoms with Crippen molar-refractivity contribution in [2.24, 2.45) is 11.8 Å². The maximum absolute atomic E-state index is 9.47. The van der Waals surface area contributed by atoms with Crippen molar-refractivity contribution in [3.63, 3.8) is 0 Å². The van der Waals surface area contributed by atoms with Gasteiger partial charge in [0.05, 0.1) is 11.9 Å².